The van der Waals surface area contributed by atoms with E-state index in [1.54, 1.807) is 11.3 Å². The zero-order chi connectivity index (χ0) is 10.1. The van der Waals surface area contributed by atoms with Gasteiger partial charge in [-0.1, -0.05) is 4.49 Å². The monoisotopic (exact) mass is 225 g/mol. The van der Waals surface area contributed by atoms with E-state index in [1.807, 2.05) is 6.92 Å². The average molecular weight is 225 g/mol. The lowest BCUT2D eigenvalue weighted by Gasteiger charge is -2.06. The molecule has 5 heteroatoms. The van der Waals surface area contributed by atoms with Crippen molar-refractivity contribution < 1.29 is 0 Å². The van der Waals surface area contributed by atoms with E-state index in [1.165, 1.54) is 16.4 Å². The number of hydrogen-bond acceptors (Lipinski definition) is 5. The maximum atomic E-state index is 6.11. The second-order valence-corrected chi connectivity index (χ2v) is 5.09. The molecule has 0 fully saturated rings. The van der Waals surface area contributed by atoms with Crippen LogP contribution >= 0.6 is 22.9 Å². The molecule has 0 aliphatic rings. The van der Waals surface area contributed by atoms with Crippen LogP contribution in [0.25, 0.3) is 0 Å². The van der Waals surface area contributed by atoms with Gasteiger partial charge in [0.2, 0.25) is 0 Å². The molecule has 0 amide bonds. The van der Waals surface area contributed by atoms with E-state index in [0.29, 0.717) is 0 Å². The third kappa shape index (κ3) is 1.70. The van der Waals surface area contributed by atoms with Crippen LogP contribution < -0.4 is 5.73 Å². The van der Waals surface area contributed by atoms with Crippen molar-refractivity contribution in [3.05, 3.63) is 32.5 Å². The summed E-state index contributed by atoms with van der Waals surface area (Å²) in [5, 5.41) is 6.06. The van der Waals surface area contributed by atoms with Crippen LogP contribution in [0.2, 0.25) is 0 Å². The van der Waals surface area contributed by atoms with Gasteiger partial charge in [0, 0.05) is 4.88 Å². The first kappa shape index (κ1) is 9.76. The Labute approximate surface area is 90.8 Å². The fourth-order valence-electron chi connectivity index (χ4n) is 1.30. The molecule has 0 aliphatic carbocycles. The maximum Gasteiger partial charge on any atom is 0.0776 e. The van der Waals surface area contributed by atoms with Gasteiger partial charge in [-0.05, 0) is 42.4 Å². The first-order valence-corrected chi connectivity index (χ1v) is 5.93. The SMILES string of the molecule is Cc1cc(C(N)c2snnc2C)cs1. The van der Waals surface area contributed by atoms with Gasteiger partial charge in [0.25, 0.3) is 0 Å². The van der Waals surface area contributed by atoms with Gasteiger partial charge in [-0.15, -0.1) is 16.4 Å². The van der Waals surface area contributed by atoms with Gasteiger partial charge >= 0.3 is 0 Å². The summed E-state index contributed by atoms with van der Waals surface area (Å²) in [5.41, 5.74) is 8.20. The molecule has 0 bridgehead atoms. The molecule has 0 radical (unpaired) electrons. The molecule has 0 spiro atoms. The molecule has 1 unspecified atom stereocenters. The van der Waals surface area contributed by atoms with Crippen molar-refractivity contribution in [2.45, 2.75) is 19.9 Å². The number of rotatable bonds is 2. The Balaban J connectivity index is 2.33. The topological polar surface area (TPSA) is 51.8 Å². The van der Waals surface area contributed by atoms with Crippen molar-refractivity contribution in [1.29, 1.82) is 0 Å². The maximum absolute atomic E-state index is 6.11. The number of aryl methyl sites for hydroxylation is 2. The Morgan fingerprint density at radius 2 is 2.21 bits per heavy atom. The highest BCUT2D eigenvalue weighted by Gasteiger charge is 2.15. The fourth-order valence-corrected chi connectivity index (χ4v) is 2.72. The highest BCUT2D eigenvalue weighted by Crippen LogP contribution is 2.27. The van der Waals surface area contributed by atoms with E-state index >= 15 is 0 Å². The minimum absolute atomic E-state index is 0.0695. The van der Waals surface area contributed by atoms with Crippen LogP contribution in [0.1, 0.15) is 27.1 Å². The van der Waals surface area contributed by atoms with Crippen molar-refractivity contribution >= 4 is 22.9 Å². The molecule has 74 valence electrons. The Morgan fingerprint density at radius 1 is 1.43 bits per heavy atom. The lowest BCUT2D eigenvalue weighted by atomic mass is 10.1. The standard InChI is InChI=1S/C9H11N3S2/c1-5-3-7(4-13-5)8(10)9-6(2)11-12-14-9/h3-4,8H,10H2,1-2H3. The summed E-state index contributed by atoms with van der Waals surface area (Å²) in [7, 11) is 0. The first-order valence-electron chi connectivity index (χ1n) is 4.28. The summed E-state index contributed by atoms with van der Waals surface area (Å²) in [4.78, 5) is 2.34. The molecule has 0 aliphatic heterocycles. The Kier molecular flexibility index (Phi) is 2.62. The van der Waals surface area contributed by atoms with Gasteiger partial charge < -0.3 is 5.73 Å². The predicted octanol–water partition coefficient (Wildman–Crippen LogP) is 2.26. The summed E-state index contributed by atoms with van der Waals surface area (Å²) < 4.78 is 3.89. The van der Waals surface area contributed by atoms with Gasteiger partial charge in [-0.25, -0.2) is 0 Å². The Bertz CT molecular complexity index is 433. The molecule has 2 aromatic heterocycles. The van der Waals surface area contributed by atoms with Crippen molar-refractivity contribution in [3.63, 3.8) is 0 Å². The average Bonchev–Trinajstić information content (AvgIpc) is 2.73. The van der Waals surface area contributed by atoms with Gasteiger partial charge in [0.1, 0.15) is 0 Å². The van der Waals surface area contributed by atoms with Crippen molar-refractivity contribution in [1.82, 2.24) is 9.59 Å². The van der Waals surface area contributed by atoms with E-state index in [2.05, 4.69) is 28.0 Å². The van der Waals surface area contributed by atoms with E-state index < -0.39 is 0 Å². The quantitative estimate of drug-likeness (QED) is 0.853. The van der Waals surface area contributed by atoms with Gasteiger partial charge in [0.05, 0.1) is 16.6 Å². The minimum atomic E-state index is -0.0695. The molecular weight excluding hydrogens is 214 g/mol. The molecular formula is C9H11N3S2. The number of aromatic nitrogens is 2. The second kappa shape index (κ2) is 3.76. The predicted molar refractivity (Wildman–Crippen MR) is 59.7 cm³/mol. The molecule has 2 aromatic rings. The lowest BCUT2D eigenvalue weighted by Crippen LogP contribution is -2.10. The van der Waals surface area contributed by atoms with E-state index in [4.69, 9.17) is 5.73 Å². The fraction of sp³-hybridized carbons (Fsp3) is 0.333. The van der Waals surface area contributed by atoms with Crippen LogP contribution in [-0.4, -0.2) is 9.59 Å². The minimum Gasteiger partial charge on any atom is -0.319 e. The lowest BCUT2D eigenvalue weighted by molar-refractivity contribution is 0.878. The summed E-state index contributed by atoms with van der Waals surface area (Å²) in [6, 6.07) is 2.05. The van der Waals surface area contributed by atoms with Gasteiger partial charge in [-0.3, -0.25) is 0 Å². The van der Waals surface area contributed by atoms with Crippen molar-refractivity contribution in [2.75, 3.05) is 0 Å². The molecule has 0 saturated heterocycles. The van der Waals surface area contributed by atoms with Crippen LogP contribution in [0.4, 0.5) is 0 Å². The van der Waals surface area contributed by atoms with Crippen molar-refractivity contribution in [2.24, 2.45) is 5.73 Å². The number of thiophene rings is 1. The third-order valence-electron chi connectivity index (χ3n) is 2.08. The molecule has 2 rings (SSSR count). The second-order valence-electron chi connectivity index (χ2n) is 3.19. The van der Waals surface area contributed by atoms with E-state index in [-0.39, 0.29) is 6.04 Å². The normalized spacial score (nSPS) is 13.1. The molecule has 0 aromatic carbocycles. The zero-order valence-corrected chi connectivity index (χ0v) is 9.65. The van der Waals surface area contributed by atoms with Crippen LogP contribution in [-0.2, 0) is 0 Å². The largest absolute Gasteiger partial charge is 0.319 e. The smallest absolute Gasteiger partial charge is 0.0776 e. The summed E-state index contributed by atoms with van der Waals surface area (Å²) in [6.45, 7) is 4.02. The van der Waals surface area contributed by atoms with Gasteiger partial charge in [-0.2, -0.15) is 0 Å². The highest BCUT2D eigenvalue weighted by molar-refractivity contribution is 7.10. The molecule has 14 heavy (non-hydrogen) atoms. The number of nitrogens with zero attached hydrogens (tertiary/aromatic N) is 2. The van der Waals surface area contributed by atoms with E-state index in [0.717, 1.165) is 16.1 Å². The van der Waals surface area contributed by atoms with Crippen molar-refractivity contribution in [3.8, 4) is 0 Å². The van der Waals surface area contributed by atoms with Crippen LogP contribution in [0, 0.1) is 13.8 Å². The van der Waals surface area contributed by atoms with Crippen LogP contribution in [0.3, 0.4) is 0 Å². The summed E-state index contributed by atoms with van der Waals surface area (Å²) in [5.74, 6) is 0. The number of hydrogen-bond donors (Lipinski definition) is 1. The summed E-state index contributed by atoms with van der Waals surface area (Å²) in [6.07, 6.45) is 0. The number of nitrogens with two attached hydrogens (primary N) is 1. The molecule has 0 saturated carbocycles. The Hall–Kier alpha value is -0.780. The molecule has 2 heterocycles. The van der Waals surface area contributed by atoms with E-state index in [9.17, 15) is 0 Å². The summed E-state index contributed by atoms with van der Waals surface area (Å²) >= 11 is 3.10. The third-order valence-corrected chi connectivity index (χ3v) is 3.87. The van der Waals surface area contributed by atoms with Gasteiger partial charge in [0.15, 0.2) is 0 Å². The first-order chi connectivity index (χ1) is 6.68. The van der Waals surface area contributed by atoms with Crippen LogP contribution in [0.5, 0.6) is 0 Å². The molecule has 3 nitrogen and oxygen atoms in total. The zero-order valence-electron chi connectivity index (χ0n) is 8.02. The highest BCUT2D eigenvalue weighted by atomic mass is 32.1. The Morgan fingerprint density at radius 3 is 2.71 bits per heavy atom. The van der Waals surface area contributed by atoms with Crippen LogP contribution in [0.15, 0.2) is 11.4 Å². The molecule has 2 N–H and O–H groups in total. The molecule has 1 atom stereocenters.